The van der Waals surface area contributed by atoms with E-state index in [2.05, 4.69) is 42.1 Å². The zero-order valence-corrected chi connectivity index (χ0v) is 15.6. The average Bonchev–Trinajstić information content (AvgIpc) is 2.62. The number of pyridine rings is 1. The number of nitrogens with one attached hydrogen (secondary N) is 1. The van der Waals surface area contributed by atoms with E-state index in [0.717, 1.165) is 29.0 Å². The molecule has 1 aliphatic heterocycles. The van der Waals surface area contributed by atoms with Gasteiger partial charge in [0.2, 0.25) is 0 Å². The van der Waals surface area contributed by atoms with Crippen molar-refractivity contribution >= 4 is 28.9 Å². The Balaban J connectivity index is 1.76. The maximum absolute atomic E-state index is 12.5. The summed E-state index contributed by atoms with van der Waals surface area (Å²) in [5.74, 6) is 1.26. The highest BCUT2D eigenvalue weighted by Crippen LogP contribution is 2.34. The number of hydrogen-bond acceptors (Lipinski definition) is 4. The lowest BCUT2D eigenvalue weighted by Crippen LogP contribution is -2.23. The number of aromatic nitrogens is 1. The zero-order chi connectivity index (χ0) is 17.9. The lowest BCUT2D eigenvalue weighted by atomic mass is 9.89. The van der Waals surface area contributed by atoms with Crippen molar-refractivity contribution in [1.29, 1.82) is 0 Å². The lowest BCUT2D eigenvalue weighted by molar-refractivity contribution is 0.102. The number of hydrogen-bond donors (Lipinski definition) is 1. The summed E-state index contributed by atoms with van der Waals surface area (Å²) >= 11 is 1.74. The fourth-order valence-corrected chi connectivity index (χ4v) is 3.68. The second kappa shape index (κ2) is 7.40. The quantitative estimate of drug-likeness (QED) is 0.856. The Labute approximate surface area is 153 Å². The first-order chi connectivity index (χ1) is 12.0. The van der Waals surface area contributed by atoms with Crippen LogP contribution >= 0.6 is 11.8 Å². The Hall–Kier alpha value is -2.14. The Bertz CT molecular complexity index is 786. The van der Waals surface area contributed by atoms with Gasteiger partial charge < -0.3 is 5.32 Å². The van der Waals surface area contributed by atoms with Crippen LogP contribution in [0.4, 0.5) is 5.69 Å². The van der Waals surface area contributed by atoms with Crippen LogP contribution in [0.2, 0.25) is 0 Å². The molecule has 1 aliphatic rings. The van der Waals surface area contributed by atoms with E-state index in [-0.39, 0.29) is 11.4 Å². The summed E-state index contributed by atoms with van der Waals surface area (Å²) in [6, 6.07) is 11.7. The third-order valence-electron chi connectivity index (χ3n) is 4.55. The number of thioether (sulfide) groups is 1. The molecule has 0 spiro atoms. The van der Waals surface area contributed by atoms with Crippen LogP contribution < -0.4 is 5.32 Å². The summed E-state index contributed by atoms with van der Waals surface area (Å²) in [6.07, 6.45) is 2.76. The van der Waals surface area contributed by atoms with E-state index in [9.17, 15) is 4.79 Å². The van der Waals surface area contributed by atoms with E-state index in [1.807, 2.05) is 29.8 Å². The molecule has 2 aromatic rings. The van der Waals surface area contributed by atoms with Gasteiger partial charge in [0, 0.05) is 17.6 Å². The summed E-state index contributed by atoms with van der Waals surface area (Å²) in [4.78, 5) is 21.4. The smallest absolute Gasteiger partial charge is 0.274 e. The molecule has 1 amide bonds. The van der Waals surface area contributed by atoms with Crippen molar-refractivity contribution in [2.45, 2.75) is 38.6 Å². The van der Waals surface area contributed by atoms with Crippen molar-refractivity contribution < 1.29 is 4.79 Å². The van der Waals surface area contributed by atoms with Gasteiger partial charge in [-0.25, -0.2) is 0 Å². The molecule has 1 atom stereocenters. The molecule has 0 radical (unpaired) electrons. The molecule has 0 bridgehead atoms. The average molecular weight is 353 g/mol. The van der Waals surface area contributed by atoms with Gasteiger partial charge in [0.1, 0.15) is 5.69 Å². The minimum absolute atomic E-state index is 0.194. The monoisotopic (exact) mass is 353 g/mol. The van der Waals surface area contributed by atoms with Crippen molar-refractivity contribution in [3.63, 3.8) is 0 Å². The molecule has 0 aliphatic carbocycles. The fourth-order valence-electron chi connectivity index (χ4n) is 2.76. The Morgan fingerprint density at radius 2 is 2.12 bits per heavy atom. The van der Waals surface area contributed by atoms with E-state index in [0.29, 0.717) is 11.6 Å². The number of aliphatic imine (C=N–C) groups is 1. The van der Waals surface area contributed by atoms with Gasteiger partial charge in [0.05, 0.1) is 11.1 Å². The van der Waals surface area contributed by atoms with Crippen molar-refractivity contribution in [1.82, 2.24) is 4.98 Å². The highest BCUT2D eigenvalue weighted by molar-refractivity contribution is 8.12. The first-order valence-electron chi connectivity index (χ1n) is 8.51. The second-order valence-corrected chi connectivity index (χ2v) is 7.75. The third-order valence-corrected chi connectivity index (χ3v) is 5.24. The highest BCUT2D eigenvalue weighted by Gasteiger charge is 2.27. The Kier molecular flexibility index (Phi) is 5.23. The number of nitrogens with zero attached hydrogens (tertiary/aromatic N) is 2. The van der Waals surface area contributed by atoms with Gasteiger partial charge in [-0.05, 0) is 48.6 Å². The molecule has 130 valence electrons. The van der Waals surface area contributed by atoms with Crippen LogP contribution in [0.1, 0.15) is 54.7 Å². The molecule has 25 heavy (non-hydrogen) atoms. The molecule has 0 saturated carbocycles. The summed E-state index contributed by atoms with van der Waals surface area (Å²) in [5.41, 5.74) is 5.14. The molecule has 5 heteroatoms. The van der Waals surface area contributed by atoms with Crippen LogP contribution in [0.3, 0.4) is 0 Å². The molecule has 1 aromatic heterocycles. The van der Waals surface area contributed by atoms with E-state index >= 15 is 0 Å². The van der Waals surface area contributed by atoms with Crippen LogP contribution in [0.5, 0.6) is 0 Å². The number of amides is 1. The minimum Gasteiger partial charge on any atom is -0.321 e. The summed E-state index contributed by atoms with van der Waals surface area (Å²) in [6.45, 7) is 6.35. The SMILES string of the molecule is CC(C)c1ccc(C(=O)Nc2cccc(C3(C)CCSC=N3)c2)nc1. The summed E-state index contributed by atoms with van der Waals surface area (Å²) < 4.78 is 0. The predicted octanol–water partition coefficient (Wildman–Crippen LogP) is 4.84. The van der Waals surface area contributed by atoms with Gasteiger partial charge in [-0.3, -0.25) is 14.8 Å². The first kappa shape index (κ1) is 17.7. The molecule has 0 saturated heterocycles. The van der Waals surface area contributed by atoms with Gasteiger partial charge >= 0.3 is 0 Å². The molecule has 2 heterocycles. The summed E-state index contributed by atoms with van der Waals surface area (Å²) in [7, 11) is 0. The van der Waals surface area contributed by atoms with Crippen LogP contribution in [-0.2, 0) is 5.54 Å². The van der Waals surface area contributed by atoms with Gasteiger partial charge in [-0.2, -0.15) is 0 Å². The largest absolute Gasteiger partial charge is 0.321 e. The Morgan fingerprint density at radius 1 is 1.28 bits per heavy atom. The molecule has 1 aromatic carbocycles. The standard InChI is InChI=1S/C20H23N3OS/c1-14(2)15-7-8-18(21-12-15)19(24)23-17-6-4-5-16(11-17)20(3)9-10-25-13-22-20/h4-8,11-14H,9-10H2,1-3H3,(H,23,24). The molecule has 3 rings (SSSR count). The molecular formula is C20H23N3OS. The number of anilines is 1. The maximum atomic E-state index is 12.5. The van der Waals surface area contributed by atoms with Crippen molar-refractivity contribution in [3.8, 4) is 0 Å². The molecular weight excluding hydrogens is 330 g/mol. The van der Waals surface area contributed by atoms with E-state index in [1.54, 1.807) is 24.0 Å². The van der Waals surface area contributed by atoms with E-state index in [1.165, 1.54) is 0 Å². The number of rotatable bonds is 4. The molecule has 4 nitrogen and oxygen atoms in total. The van der Waals surface area contributed by atoms with Crippen LogP contribution in [0.15, 0.2) is 47.6 Å². The van der Waals surface area contributed by atoms with Gasteiger partial charge in [0.15, 0.2) is 0 Å². The minimum atomic E-state index is -0.219. The predicted molar refractivity (Wildman–Crippen MR) is 106 cm³/mol. The number of carbonyl (C=O) groups is 1. The summed E-state index contributed by atoms with van der Waals surface area (Å²) in [5, 5.41) is 2.95. The zero-order valence-electron chi connectivity index (χ0n) is 14.8. The van der Waals surface area contributed by atoms with E-state index < -0.39 is 0 Å². The maximum Gasteiger partial charge on any atom is 0.274 e. The molecule has 1 N–H and O–H groups in total. The lowest BCUT2D eigenvalue weighted by Gasteiger charge is -2.28. The number of benzene rings is 1. The topological polar surface area (TPSA) is 54.4 Å². The number of carbonyl (C=O) groups excluding carboxylic acids is 1. The van der Waals surface area contributed by atoms with Gasteiger partial charge in [-0.15, -0.1) is 11.8 Å². The molecule has 1 unspecified atom stereocenters. The van der Waals surface area contributed by atoms with Crippen LogP contribution in [-0.4, -0.2) is 22.2 Å². The van der Waals surface area contributed by atoms with Crippen molar-refractivity contribution in [2.75, 3.05) is 11.1 Å². The van der Waals surface area contributed by atoms with Crippen LogP contribution in [0.25, 0.3) is 0 Å². The van der Waals surface area contributed by atoms with Crippen molar-refractivity contribution in [3.05, 3.63) is 59.4 Å². The fraction of sp³-hybridized carbons (Fsp3) is 0.350. The highest BCUT2D eigenvalue weighted by atomic mass is 32.2. The van der Waals surface area contributed by atoms with Gasteiger partial charge in [-0.1, -0.05) is 32.0 Å². The molecule has 0 fully saturated rings. The van der Waals surface area contributed by atoms with E-state index in [4.69, 9.17) is 0 Å². The first-order valence-corrected chi connectivity index (χ1v) is 9.56. The van der Waals surface area contributed by atoms with Gasteiger partial charge in [0.25, 0.3) is 5.91 Å². The van der Waals surface area contributed by atoms with Crippen molar-refractivity contribution in [2.24, 2.45) is 4.99 Å². The van der Waals surface area contributed by atoms with Crippen LogP contribution in [0, 0.1) is 0 Å². The third kappa shape index (κ3) is 4.10. The normalized spacial score (nSPS) is 19.8. The Morgan fingerprint density at radius 3 is 2.76 bits per heavy atom. The second-order valence-electron chi connectivity index (χ2n) is 6.80.